The highest BCUT2D eigenvalue weighted by Gasteiger charge is 2.04. The summed E-state index contributed by atoms with van der Waals surface area (Å²) in [6, 6.07) is 6.39. The van der Waals surface area contributed by atoms with Gasteiger partial charge < -0.3 is 10.4 Å². The zero-order chi connectivity index (χ0) is 11.8. The van der Waals surface area contributed by atoms with Gasteiger partial charge in [0.05, 0.1) is 0 Å². The number of hydrogen-bond acceptors (Lipinski definition) is 2. The van der Waals surface area contributed by atoms with Crippen molar-refractivity contribution in [2.45, 2.75) is 19.3 Å². The number of benzene rings is 1. The lowest BCUT2D eigenvalue weighted by atomic mass is 10.2. The molecule has 0 atom stereocenters. The van der Waals surface area contributed by atoms with Gasteiger partial charge in [0.25, 0.3) is 5.91 Å². The molecule has 0 aliphatic heterocycles. The molecule has 0 radical (unpaired) electrons. The summed E-state index contributed by atoms with van der Waals surface area (Å²) in [7, 11) is 0. The molecule has 1 aromatic rings. The quantitative estimate of drug-likeness (QED) is 0.478. The highest BCUT2D eigenvalue weighted by atomic mass is 127. The minimum absolute atomic E-state index is 0.120. The second kappa shape index (κ2) is 7.49. The van der Waals surface area contributed by atoms with Crippen LogP contribution in [0.15, 0.2) is 24.3 Å². The first-order chi connectivity index (χ1) is 7.74. The Balaban J connectivity index is 2.30. The molecule has 0 saturated carbocycles. The van der Waals surface area contributed by atoms with Gasteiger partial charge in [-0.3, -0.25) is 4.79 Å². The zero-order valence-corrected chi connectivity index (χ0v) is 11.2. The SMILES string of the molecule is O=C(NCCCCCI)c1cccc(O)c1. The molecular formula is C12H16INO2. The van der Waals surface area contributed by atoms with Crippen molar-refractivity contribution < 1.29 is 9.90 Å². The van der Waals surface area contributed by atoms with Crippen molar-refractivity contribution in [1.82, 2.24) is 5.32 Å². The van der Waals surface area contributed by atoms with E-state index in [1.165, 1.54) is 12.5 Å². The Bertz CT molecular complexity index is 342. The number of alkyl halides is 1. The predicted molar refractivity (Wildman–Crippen MR) is 73.2 cm³/mol. The number of nitrogens with one attached hydrogen (secondary N) is 1. The van der Waals surface area contributed by atoms with E-state index >= 15 is 0 Å². The molecule has 0 aliphatic carbocycles. The van der Waals surface area contributed by atoms with Crippen LogP contribution in [0.1, 0.15) is 29.6 Å². The van der Waals surface area contributed by atoms with Crippen molar-refractivity contribution in [3.8, 4) is 5.75 Å². The summed E-state index contributed by atoms with van der Waals surface area (Å²) in [5.41, 5.74) is 0.508. The van der Waals surface area contributed by atoms with Gasteiger partial charge in [0.2, 0.25) is 0 Å². The van der Waals surface area contributed by atoms with Crippen LogP contribution in [-0.2, 0) is 0 Å². The van der Waals surface area contributed by atoms with E-state index < -0.39 is 0 Å². The second-order valence-corrected chi connectivity index (χ2v) is 4.63. The van der Waals surface area contributed by atoms with Gasteiger partial charge in [0, 0.05) is 12.1 Å². The number of hydrogen-bond donors (Lipinski definition) is 2. The van der Waals surface area contributed by atoms with E-state index in [1.54, 1.807) is 18.2 Å². The van der Waals surface area contributed by atoms with E-state index in [9.17, 15) is 9.90 Å². The fourth-order valence-corrected chi connectivity index (χ4v) is 1.89. The monoisotopic (exact) mass is 333 g/mol. The Labute approximate surface area is 109 Å². The van der Waals surface area contributed by atoms with Gasteiger partial charge in [-0.05, 0) is 35.5 Å². The van der Waals surface area contributed by atoms with Gasteiger partial charge in [-0.2, -0.15) is 0 Å². The lowest BCUT2D eigenvalue weighted by Crippen LogP contribution is -2.24. The van der Waals surface area contributed by atoms with Gasteiger partial charge in [0.15, 0.2) is 0 Å². The first-order valence-electron chi connectivity index (χ1n) is 5.37. The highest BCUT2D eigenvalue weighted by molar-refractivity contribution is 14.1. The molecule has 3 nitrogen and oxygen atoms in total. The summed E-state index contributed by atoms with van der Waals surface area (Å²) >= 11 is 2.35. The average Bonchev–Trinajstić information content (AvgIpc) is 2.28. The first-order valence-corrected chi connectivity index (χ1v) is 6.90. The van der Waals surface area contributed by atoms with E-state index in [0.717, 1.165) is 17.3 Å². The summed E-state index contributed by atoms with van der Waals surface area (Å²) in [6.45, 7) is 0.700. The summed E-state index contributed by atoms with van der Waals surface area (Å²) in [5, 5.41) is 12.1. The Morgan fingerprint density at radius 3 is 2.81 bits per heavy atom. The number of phenols is 1. The van der Waals surface area contributed by atoms with Crippen LogP contribution in [0.3, 0.4) is 0 Å². The molecular weight excluding hydrogens is 317 g/mol. The molecule has 4 heteroatoms. The largest absolute Gasteiger partial charge is 0.508 e. The summed E-state index contributed by atoms with van der Waals surface area (Å²) in [5.74, 6) is 0.00272. The van der Waals surface area contributed by atoms with Crippen LogP contribution in [-0.4, -0.2) is 22.0 Å². The van der Waals surface area contributed by atoms with Crippen LogP contribution in [0.5, 0.6) is 5.75 Å². The third-order valence-corrected chi connectivity index (χ3v) is 2.97. The zero-order valence-electron chi connectivity index (χ0n) is 9.08. The second-order valence-electron chi connectivity index (χ2n) is 3.56. The lowest BCUT2D eigenvalue weighted by molar-refractivity contribution is 0.0952. The van der Waals surface area contributed by atoms with E-state index in [2.05, 4.69) is 27.9 Å². The number of unbranched alkanes of at least 4 members (excludes halogenated alkanes) is 2. The number of carbonyl (C=O) groups excluding carboxylic acids is 1. The molecule has 16 heavy (non-hydrogen) atoms. The van der Waals surface area contributed by atoms with E-state index in [-0.39, 0.29) is 11.7 Å². The van der Waals surface area contributed by atoms with Crippen LogP contribution < -0.4 is 5.32 Å². The molecule has 0 aliphatic rings. The Kier molecular flexibility index (Phi) is 6.22. The first kappa shape index (κ1) is 13.3. The molecule has 2 N–H and O–H groups in total. The van der Waals surface area contributed by atoms with Gasteiger partial charge in [-0.1, -0.05) is 35.1 Å². The maximum Gasteiger partial charge on any atom is 0.251 e. The van der Waals surface area contributed by atoms with E-state index in [1.807, 2.05) is 0 Å². The van der Waals surface area contributed by atoms with E-state index in [4.69, 9.17) is 0 Å². The summed E-state index contributed by atoms with van der Waals surface area (Å²) < 4.78 is 1.16. The van der Waals surface area contributed by atoms with Gasteiger partial charge >= 0.3 is 0 Å². The topological polar surface area (TPSA) is 49.3 Å². The minimum atomic E-state index is -0.120. The Morgan fingerprint density at radius 2 is 2.12 bits per heavy atom. The third-order valence-electron chi connectivity index (χ3n) is 2.20. The molecule has 0 saturated heterocycles. The minimum Gasteiger partial charge on any atom is -0.508 e. The van der Waals surface area contributed by atoms with Crippen LogP contribution >= 0.6 is 22.6 Å². The number of aromatic hydroxyl groups is 1. The Hall–Kier alpha value is -0.780. The van der Waals surface area contributed by atoms with Gasteiger partial charge in [0.1, 0.15) is 5.75 Å². The van der Waals surface area contributed by atoms with Crippen LogP contribution in [0, 0.1) is 0 Å². The van der Waals surface area contributed by atoms with Crippen LogP contribution in [0.25, 0.3) is 0 Å². The molecule has 0 heterocycles. The predicted octanol–water partition coefficient (Wildman–Crippen LogP) is 2.73. The van der Waals surface area contributed by atoms with Crippen molar-refractivity contribution >= 4 is 28.5 Å². The maximum atomic E-state index is 11.6. The highest BCUT2D eigenvalue weighted by Crippen LogP contribution is 2.10. The van der Waals surface area contributed by atoms with Crippen molar-refractivity contribution in [2.24, 2.45) is 0 Å². The number of rotatable bonds is 6. The maximum absolute atomic E-state index is 11.6. The van der Waals surface area contributed by atoms with E-state index in [0.29, 0.717) is 12.1 Å². The average molecular weight is 333 g/mol. The number of carbonyl (C=O) groups is 1. The van der Waals surface area contributed by atoms with Crippen molar-refractivity contribution in [3.05, 3.63) is 29.8 Å². The van der Waals surface area contributed by atoms with Crippen LogP contribution in [0.2, 0.25) is 0 Å². The smallest absolute Gasteiger partial charge is 0.251 e. The van der Waals surface area contributed by atoms with Crippen molar-refractivity contribution in [2.75, 3.05) is 11.0 Å². The van der Waals surface area contributed by atoms with Gasteiger partial charge in [-0.25, -0.2) is 0 Å². The molecule has 0 bridgehead atoms. The molecule has 1 amide bonds. The number of amides is 1. The Morgan fingerprint density at radius 1 is 1.31 bits per heavy atom. The molecule has 88 valence electrons. The third kappa shape index (κ3) is 4.83. The molecule has 0 fully saturated rings. The lowest BCUT2D eigenvalue weighted by Gasteiger charge is -2.04. The fourth-order valence-electron chi connectivity index (χ4n) is 1.35. The summed E-state index contributed by atoms with van der Waals surface area (Å²) in [4.78, 5) is 11.6. The summed E-state index contributed by atoms with van der Waals surface area (Å²) in [6.07, 6.45) is 3.35. The fraction of sp³-hybridized carbons (Fsp3) is 0.417. The van der Waals surface area contributed by atoms with Gasteiger partial charge in [-0.15, -0.1) is 0 Å². The number of halogens is 1. The standard InChI is InChI=1S/C12H16INO2/c13-7-2-1-3-8-14-12(16)10-5-4-6-11(15)9-10/h4-6,9,15H,1-3,7-8H2,(H,14,16). The van der Waals surface area contributed by atoms with Crippen molar-refractivity contribution in [1.29, 1.82) is 0 Å². The molecule has 0 aromatic heterocycles. The molecule has 1 rings (SSSR count). The molecule has 0 spiro atoms. The number of phenolic OH excluding ortho intramolecular Hbond substituents is 1. The molecule has 0 unspecified atom stereocenters. The van der Waals surface area contributed by atoms with Crippen LogP contribution in [0.4, 0.5) is 0 Å². The van der Waals surface area contributed by atoms with Crippen molar-refractivity contribution in [3.63, 3.8) is 0 Å². The normalized spacial score (nSPS) is 10.1. The molecule has 1 aromatic carbocycles.